The third-order valence-electron chi connectivity index (χ3n) is 10.2. The lowest BCUT2D eigenvalue weighted by atomic mass is 10.0. The Morgan fingerprint density at radius 3 is 1.57 bits per heavy atom. The van der Waals surface area contributed by atoms with Crippen molar-refractivity contribution in [2.75, 3.05) is 0 Å². The number of aromatic nitrogens is 3. The summed E-state index contributed by atoms with van der Waals surface area (Å²) in [5.74, 6) is 1.23. The predicted octanol–water partition coefficient (Wildman–Crippen LogP) is 12.3. The quantitative estimate of drug-likeness (QED) is 0.178. The van der Waals surface area contributed by atoms with Crippen molar-refractivity contribution in [1.82, 2.24) is 14.5 Å². The normalized spacial score (nSPS) is 11.9. The van der Waals surface area contributed by atoms with E-state index in [4.69, 9.17) is 18.8 Å². The van der Waals surface area contributed by atoms with E-state index in [9.17, 15) is 0 Å². The van der Waals surface area contributed by atoms with Crippen molar-refractivity contribution in [1.29, 1.82) is 0 Å². The Bertz CT molecular complexity index is 2800. The molecule has 10 aromatic rings. The molecule has 5 nitrogen and oxygen atoms in total. The highest BCUT2D eigenvalue weighted by atomic mass is 16.4. The molecule has 0 N–H and O–H groups in total. The number of oxazole rings is 2. The lowest BCUT2D eigenvalue weighted by molar-refractivity contribution is 0.619. The average molecular weight is 660 g/mol. The van der Waals surface area contributed by atoms with Gasteiger partial charge in [0.15, 0.2) is 11.2 Å². The van der Waals surface area contributed by atoms with Gasteiger partial charge in [-0.1, -0.05) is 86.6 Å². The van der Waals surface area contributed by atoms with Crippen LogP contribution in [-0.2, 0) is 12.8 Å². The van der Waals surface area contributed by atoms with E-state index in [2.05, 4.69) is 146 Å². The second-order valence-electron chi connectivity index (χ2n) is 13.3. The number of nitrogens with zero attached hydrogens (tertiary/aromatic N) is 3. The van der Waals surface area contributed by atoms with E-state index in [1.807, 2.05) is 12.1 Å². The van der Waals surface area contributed by atoms with Crippen LogP contribution in [0.15, 0.2) is 148 Å². The van der Waals surface area contributed by atoms with Crippen LogP contribution in [0.2, 0.25) is 0 Å². The fraction of sp³-hybridized carbons (Fsp3) is 0.0870. The number of aryl methyl sites for hydroxylation is 2. The number of fused-ring (bicyclic) bond motifs is 6. The Balaban J connectivity index is 1.15. The highest BCUT2D eigenvalue weighted by molar-refractivity contribution is 6.11. The Labute approximate surface area is 294 Å². The highest BCUT2D eigenvalue weighted by Crippen LogP contribution is 2.38. The predicted molar refractivity (Wildman–Crippen MR) is 208 cm³/mol. The molecule has 0 bridgehead atoms. The molecular weight excluding hydrogens is 627 g/mol. The molecular formula is C46H33N3O2. The summed E-state index contributed by atoms with van der Waals surface area (Å²) >= 11 is 0. The van der Waals surface area contributed by atoms with Gasteiger partial charge in [0.05, 0.1) is 11.0 Å². The van der Waals surface area contributed by atoms with Crippen molar-refractivity contribution < 1.29 is 8.83 Å². The van der Waals surface area contributed by atoms with Crippen LogP contribution < -0.4 is 0 Å². The third kappa shape index (κ3) is 4.92. The molecule has 0 atom stereocenters. The van der Waals surface area contributed by atoms with Gasteiger partial charge in [-0.15, -0.1) is 0 Å². The average Bonchev–Trinajstić information content (AvgIpc) is 3.90. The van der Waals surface area contributed by atoms with E-state index in [1.54, 1.807) is 0 Å². The molecule has 0 unspecified atom stereocenters. The van der Waals surface area contributed by atoms with Crippen LogP contribution in [0.4, 0.5) is 0 Å². The maximum atomic E-state index is 6.34. The second-order valence-corrected chi connectivity index (χ2v) is 13.3. The van der Waals surface area contributed by atoms with Crippen LogP contribution >= 0.6 is 0 Å². The summed E-state index contributed by atoms with van der Waals surface area (Å²) in [5.41, 5.74) is 13.2. The van der Waals surface area contributed by atoms with E-state index in [-0.39, 0.29) is 0 Å². The minimum atomic E-state index is 0.613. The van der Waals surface area contributed by atoms with Gasteiger partial charge >= 0.3 is 0 Å². The molecule has 244 valence electrons. The van der Waals surface area contributed by atoms with Gasteiger partial charge in [0.25, 0.3) is 0 Å². The van der Waals surface area contributed by atoms with Gasteiger partial charge in [-0.25, -0.2) is 9.97 Å². The SMILES string of the molecule is CCc1ccc2nc(-c3ccc4c5ccc(-c6nc7ccc(CC)cc7o6)cc5n(-c5ccc(-c6ccc7ccccc7c6)cc5)c4c3)oc2c1. The molecule has 0 fully saturated rings. The molecule has 10 rings (SSSR count). The molecule has 0 saturated carbocycles. The van der Waals surface area contributed by atoms with Crippen LogP contribution in [0.5, 0.6) is 0 Å². The number of benzene rings is 7. The number of hydrogen-bond donors (Lipinski definition) is 0. The zero-order valence-corrected chi connectivity index (χ0v) is 28.4. The first kappa shape index (κ1) is 29.5. The largest absolute Gasteiger partial charge is 0.436 e. The summed E-state index contributed by atoms with van der Waals surface area (Å²) < 4.78 is 15.0. The van der Waals surface area contributed by atoms with E-state index >= 15 is 0 Å². The molecule has 0 aliphatic carbocycles. The summed E-state index contributed by atoms with van der Waals surface area (Å²) in [5, 5.41) is 4.77. The molecule has 3 aromatic heterocycles. The van der Waals surface area contributed by atoms with Gasteiger partial charge < -0.3 is 13.4 Å². The maximum Gasteiger partial charge on any atom is 0.227 e. The number of rotatable bonds is 6. The van der Waals surface area contributed by atoms with E-state index in [0.29, 0.717) is 11.8 Å². The van der Waals surface area contributed by atoms with Crippen LogP contribution in [0.1, 0.15) is 25.0 Å². The van der Waals surface area contributed by atoms with Gasteiger partial charge in [-0.05, 0) is 113 Å². The minimum absolute atomic E-state index is 0.613. The highest BCUT2D eigenvalue weighted by Gasteiger charge is 2.18. The van der Waals surface area contributed by atoms with Gasteiger partial charge in [0.2, 0.25) is 11.8 Å². The van der Waals surface area contributed by atoms with Crippen molar-refractivity contribution in [2.45, 2.75) is 26.7 Å². The summed E-state index contributed by atoms with van der Waals surface area (Å²) in [6.07, 6.45) is 1.89. The van der Waals surface area contributed by atoms with Crippen LogP contribution in [0.3, 0.4) is 0 Å². The standard InChI is InChI=1S/C46H33N3O2/c1-3-28-9-21-39-43(23-28)50-45(47-39)34-15-19-37-38-20-16-35(46-48-40-22-10-29(4-2)24-44(40)51-46)27-42(38)49(41(37)26-34)36-17-13-31(14-18-36)33-12-11-30-7-5-6-8-32(30)25-33/h5-27H,3-4H2,1-2H3. The topological polar surface area (TPSA) is 57.0 Å². The first-order valence-electron chi connectivity index (χ1n) is 17.6. The van der Waals surface area contributed by atoms with Crippen LogP contribution in [0.25, 0.3) is 94.5 Å². The summed E-state index contributed by atoms with van der Waals surface area (Å²) in [4.78, 5) is 9.76. The van der Waals surface area contributed by atoms with Crippen molar-refractivity contribution in [3.63, 3.8) is 0 Å². The van der Waals surface area contributed by atoms with Crippen molar-refractivity contribution in [3.05, 3.63) is 151 Å². The zero-order chi connectivity index (χ0) is 34.1. The first-order valence-corrected chi connectivity index (χ1v) is 17.6. The van der Waals surface area contributed by atoms with E-state index < -0.39 is 0 Å². The van der Waals surface area contributed by atoms with Gasteiger partial charge in [-0.2, -0.15) is 0 Å². The maximum absolute atomic E-state index is 6.34. The Hall–Kier alpha value is -6.46. The molecule has 51 heavy (non-hydrogen) atoms. The Kier molecular flexibility index (Phi) is 6.68. The lowest BCUT2D eigenvalue weighted by Crippen LogP contribution is -1.94. The summed E-state index contributed by atoms with van der Waals surface area (Å²) in [6.45, 7) is 4.30. The van der Waals surface area contributed by atoms with Crippen molar-refractivity contribution in [3.8, 4) is 39.7 Å². The van der Waals surface area contributed by atoms with Crippen molar-refractivity contribution >= 4 is 54.8 Å². The first-order chi connectivity index (χ1) is 25.1. The zero-order valence-electron chi connectivity index (χ0n) is 28.4. The summed E-state index contributed by atoms with van der Waals surface area (Å²) in [6, 6.07) is 49.5. The molecule has 0 spiro atoms. The molecule has 0 radical (unpaired) electrons. The molecule has 0 aliphatic heterocycles. The lowest BCUT2D eigenvalue weighted by Gasteiger charge is -2.11. The Morgan fingerprint density at radius 1 is 0.471 bits per heavy atom. The minimum Gasteiger partial charge on any atom is -0.436 e. The van der Waals surface area contributed by atoms with Crippen LogP contribution in [0, 0.1) is 0 Å². The van der Waals surface area contributed by atoms with Gasteiger partial charge in [0, 0.05) is 27.6 Å². The van der Waals surface area contributed by atoms with E-state index in [1.165, 1.54) is 33.0 Å². The molecule has 0 aliphatic rings. The van der Waals surface area contributed by atoms with Crippen molar-refractivity contribution in [2.24, 2.45) is 0 Å². The Morgan fingerprint density at radius 2 is 1.00 bits per heavy atom. The fourth-order valence-corrected chi connectivity index (χ4v) is 7.36. The summed E-state index contributed by atoms with van der Waals surface area (Å²) in [7, 11) is 0. The third-order valence-corrected chi connectivity index (χ3v) is 10.2. The fourth-order valence-electron chi connectivity index (χ4n) is 7.36. The second kappa shape index (κ2) is 11.6. The van der Waals surface area contributed by atoms with Gasteiger partial charge in [-0.3, -0.25) is 0 Å². The molecule has 0 amide bonds. The van der Waals surface area contributed by atoms with Gasteiger partial charge in [0.1, 0.15) is 11.0 Å². The molecule has 7 aromatic carbocycles. The van der Waals surface area contributed by atoms with E-state index in [0.717, 1.165) is 73.7 Å². The molecule has 3 heterocycles. The van der Waals surface area contributed by atoms with Crippen LogP contribution in [-0.4, -0.2) is 14.5 Å². The monoisotopic (exact) mass is 659 g/mol. The number of hydrogen-bond acceptors (Lipinski definition) is 4. The molecule has 5 heteroatoms. The molecule has 0 saturated heterocycles. The smallest absolute Gasteiger partial charge is 0.227 e.